The van der Waals surface area contributed by atoms with Crippen molar-refractivity contribution in [3.05, 3.63) is 53.6 Å². The van der Waals surface area contributed by atoms with Crippen LogP contribution in [0.4, 0.5) is 5.69 Å². The minimum absolute atomic E-state index is 0.0529. The number of hydrogen-bond acceptors (Lipinski definition) is 5. The minimum atomic E-state index is -0.894. The van der Waals surface area contributed by atoms with Crippen molar-refractivity contribution in [1.82, 2.24) is 0 Å². The summed E-state index contributed by atoms with van der Waals surface area (Å²) in [7, 11) is 0. The lowest BCUT2D eigenvalue weighted by molar-refractivity contribution is -0.152. The Hall–Kier alpha value is -3.02. The third-order valence-electron chi connectivity index (χ3n) is 4.48. The van der Waals surface area contributed by atoms with Gasteiger partial charge in [-0.05, 0) is 48.2 Å². The van der Waals surface area contributed by atoms with Crippen LogP contribution < -0.4 is 14.8 Å². The Bertz CT molecular complexity index is 845. The number of benzene rings is 2. The van der Waals surface area contributed by atoms with Crippen molar-refractivity contribution >= 4 is 17.6 Å². The van der Waals surface area contributed by atoms with Gasteiger partial charge in [-0.2, -0.15) is 0 Å². The standard InChI is InChI=1S/C22H25NO5/c1-14(2)17-5-7-18(8-6-17)23-22(25)15(3)28-21(24)13-16-4-9-19-20(12-16)27-11-10-26-19/h4-9,12,14-15H,10-11,13H2,1-3H3,(H,23,25)/t15-/m0/s1. The van der Waals surface area contributed by atoms with Crippen LogP contribution in [0.25, 0.3) is 0 Å². The van der Waals surface area contributed by atoms with E-state index < -0.39 is 12.1 Å². The lowest BCUT2D eigenvalue weighted by Crippen LogP contribution is -2.30. The van der Waals surface area contributed by atoms with Crippen LogP contribution in [0.2, 0.25) is 0 Å². The zero-order valence-corrected chi connectivity index (χ0v) is 16.4. The molecule has 6 nitrogen and oxygen atoms in total. The van der Waals surface area contributed by atoms with Crippen molar-refractivity contribution in [2.75, 3.05) is 18.5 Å². The SMILES string of the molecule is CC(C)c1ccc(NC(=O)[C@H](C)OC(=O)Cc2ccc3c(c2)OCCO3)cc1. The van der Waals surface area contributed by atoms with Gasteiger partial charge in [0.2, 0.25) is 0 Å². The molecule has 2 aromatic rings. The summed E-state index contributed by atoms with van der Waals surface area (Å²) in [5.74, 6) is 0.860. The molecule has 0 spiro atoms. The predicted octanol–water partition coefficient (Wildman–Crippen LogP) is 3.69. The van der Waals surface area contributed by atoms with Crippen LogP contribution in [-0.2, 0) is 20.7 Å². The number of esters is 1. The molecule has 0 radical (unpaired) electrons. The summed E-state index contributed by atoms with van der Waals surface area (Å²) in [6.45, 7) is 6.77. The highest BCUT2D eigenvalue weighted by atomic mass is 16.6. The van der Waals surface area contributed by atoms with Crippen LogP contribution in [0, 0.1) is 0 Å². The fourth-order valence-electron chi connectivity index (χ4n) is 2.85. The number of amides is 1. The van der Waals surface area contributed by atoms with Crippen LogP contribution in [0.15, 0.2) is 42.5 Å². The molecule has 0 bridgehead atoms. The first-order valence-corrected chi connectivity index (χ1v) is 9.41. The van der Waals surface area contributed by atoms with Crippen molar-refractivity contribution in [1.29, 1.82) is 0 Å². The van der Waals surface area contributed by atoms with E-state index in [0.717, 1.165) is 5.56 Å². The maximum atomic E-state index is 12.3. The highest BCUT2D eigenvalue weighted by Gasteiger charge is 2.19. The summed E-state index contributed by atoms with van der Waals surface area (Å²) >= 11 is 0. The lowest BCUT2D eigenvalue weighted by Gasteiger charge is -2.19. The van der Waals surface area contributed by atoms with E-state index in [2.05, 4.69) is 19.2 Å². The van der Waals surface area contributed by atoms with Crippen LogP contribution in [0.1, 0.15) is 37.8 Å². The van der Waals surface area contributed by atoms with Crippen molar-refractivity contribution in [3.63, 3.8) is 0 Å². The molecular weight excluding hydrogens is 358 g/mol. The van der Waals surface area contributed by atoms with E-state index in [1.165, 1.54) is 5.56 Å². The molecule has 28 heavy (non-hydrogen) atoms. The molecule has 1 aliphatic rings. The number of hydrogen-bond donors (Lipinski definition) is 1. The molecule has 0 saturated heterocycles. The summed E-state index contributed by atoms with van der Waals surface area (Å²) < 4.78 is 16.2. The number of fused-ring (bicyclic) bond motifs is 1. The number of anilines is 1. The Labute approximate surface area is 164 Å². The summed E-state index contributed by atoms with van der Waals surface area (Å²) in [4.78, 5) is 24.5. The molecule has 1 heterocycles. The molecule has 6 heteroatoms. The van der Waals surface area contributed by atoms with E-state index in [0.29, 0.717) is 36.3 Å². The van der Waals surface area contributed by atoms with Gasteiger partial charge in [-0.25, -0.2) is 0 Å². The zero-order valence-electron chi connectivity index (χ0n) is 16.4. The Morgan fingerprint density at radius 3 is 2.36 bits per heavy atom. The normalized spacial score (nSPS) is 13.7. The van der Waals surface area contributed by atoms with Crippen molar-refractivity contribution in [3.8, 4) is 11.5 Å². The molecule has 3 rings (SSSR count). The number of rotatable bonds is 6. The second kappa shape index (κ2) is 8.78. The van der Waals surface area contributed by atoms with E-state index in [9.17, 15) is 9.59 Å². The van der Waals surface area contributed by atoms with Gasteiger partial charge in [0.05, 0.1) is 6.42 Å². The molecule has 0 fully saturated rings. The quantitative estimate of drug-likeness (QED) is 0.770. The molecule has 1 aliphatic heterocycles. The van der Waals surface area contributed by atoms with Crippen LogP contribution in [0.3, 0.4) is 0 Å². The molecule has 0 saturated carbocycles. The fraction of sp³-hybridized carbons (Fsp3) is 0.364. The van der Waals surface area contributed by atoms with Gasteiger partial charge in [-0.15, -0.1) is 0 Å². The third-order valence-corrected chi connectivity index (χ3v) is 4.48. The Kier molecular flexibility index (Phi) is 6.19. The molecule has 1 amide bonds. The second-order valence-corrected chi connectivity index (χ2v) is 7.05. The molecule has 0 unspecified atom stereocenters. The Morgan fingerprint density at radius 1 is 1.00 bits per heavy atom. The maximum Gasteiger partial charge on any atom is 0.311 e. The Morgan fingerprint density at radius 2 is 1.68 bits per heavy atom. The van der Waals surface area contributed by atoms with Gasteiger partial charge in [-0.1, -0.05) is 32.0 Å². The average Bonchev–Trinajstić information content (AvgIpc) is 2.68. The maximum absolute atomic E-state index is 12.3. The van der Waals surface area contributed by atoms with E-state index in [-0.39, 0.29) is 12.3 Å². The largest absolute Gasteiger partial charge is 0.486 e. The van der Waals surface area contributed by atoms with Crippen LogP contribution >= 0.6 is 0 Å². The van der Waals surface area contributed by atoms with E-state index in [1.54, 1.807) is 25.1 Å². The minimum Gasteiger partial charge on any atom is -0.486 e. The second-order valence-electron chi connectivity index (χ2n) is 7.05. The van der Waals surface area contributed by atoms with Gasteiger partial charge >= 0.3 is 5.97 Å². The number of nitrogens with one attached hydrogen (secondary N) is 1. The highest BCUT2D eigenvalue weighted by molar-refractivity contribution is 5.95. The lowest BCUT2D eigenvalue weighted by atomic mass is 10.0. The summed E-state index contributed by atoms with van der Waals surface area (Å²) in [5.41, 5.74) is 2.60. The number of carbonyl (C=O) groups is 2. The third kappa shape index (κ3) is 5.03. The number of ether oxygens (including phenoxy) is 3. The van der Waals surface area contributed by atoms with Gasteiger partial charge in [0, 0.05) is 5.69 Å². The highest BCUT2D eigenvalue weighted by Crippen LogP contribution is 2.31. The van der Waals surface area contributed by atoms with Gasteiger partial charge in [0.25, 0.3) is 5.91 Å². The zero-order chi connectivity index (χ0) is 20.1. The summed E-state index contributed by atoms with van der Waals surface area (Å²) in [6.07, 6.45) is -0.841. The first-order valence-electron chi connectivity index (χ1n) is 9.41. The molecule has 148 valence electrons. The summed E-state index contributed by atoms with van der Waals surface area (Å²) in [5, 5.41) is 2.77. The van der Waals surface area contributed by atoms with Crippen LogP contribution in [0.5, 0.6) is 11.5 Å². The molecular formula is C22H25NO5. The van der Waals surface area contributed by atoms with E-state index in [4.69, 9.17) is 14.2 Å². The first kappa shape index (κ1) is 19.7. The first-order chi connectivity index (χ1) is 13.4. The molecule has 1 N–H and O–H groups in total. The monoisotopic (exact) mass is 383 g/mol. The van der Waals surface area contributed by atoms with Gasteiger partial charge < -0.3 is 19.5 Å². The van der Waals surface area contributed by atoms with Crippen molar-refractivity contribution in [2.24, 2.45) is 0 Å². The average molecular weight is 383 g/mol. The predicted molar refractivity (Wildman–Crippen MR) is 106 cm³/mol. The number of carbonyl (C=O) groups excluding carboxylic acids is 2. The van der Waals surface area contributed by atoms with Crippen LogP contribution in [-0.4, -0.2) is 31.2 Å². The summed E-state index contributed by atoms with van der Waals surface area (Å²) in [6, 6.07) is 13.0. The molecule has 0 aliphatic carbocycles. The topological polar surface area (TPSA) is 73.9 Å². The van der Waals surface area contributed by atoms with Gasteiger partial charge in [0.1, 0.15) is 13.2 Å². The van der Waals surface area contributed by atoms with Gasteiger partial charge in [0.15, 0.2) is 17.6 Å². The van der Waals surface area contributed by atoms with E-state index >= 15 is 0 Å². The fourth-order valence-corrected chi connectivity index (χ4v) is 2.85. The van der Waals surface area contributed by atoms with Gasteiger partial charge in [-0.3, -0.25) is 9.59 Å². The Balaban J connectivity index is 1.52. The van der Waals surface area contributed by atoms with Crippen molar-refractivity contribution < 1.29 is 23.8 Å². The molecule has 0 aromatic heterocycles. The van der Waals surface area contributed by atoms with Crippen molar-refractivity contribution in [2.45, 2.75) is 39.2 Å². The smallest absolute Gasteiger partial charge is 0.311 e. The van der Waals surface area contributed by atoms with E-state index in [1.807, 2.05) is 24.3 Å². The molecule has 1 atom stereocenters. The molecule has 2 aromatic carbocycles.